The summed E-state index contributed by atoms with van der Waals surface area (Å²) >= 11 is 0. The fourth-order valence-corrected chi connectivity index (χ4v) is 4.47. The average molecular weight is 312 g/mol. The molecule has 3 fully saturated rings. The number of rotatable bonds is 3. The zero-order valence-electron chi connectivity index (χ0n) is 14.2. The molecule has 2 aliphatic heterocycles. The van der Waals surface area contributed by atoms with Crippen LogP contribution in [0.25, 0.3) is 0 Å². The van der Waals surface area contributed by atoms with E-state index >= 15 is 0 Å². The second-order valence-corrected chi connectivity index (χ2v) is 8.09. The van der Waals surface area contributed by atoms with Crippen molar-refractivity contribution in [1.82, 2.24) is 9.80 Å². The number of likely N-dealkylation sites (tertiary alicyclic amines) is 2. The lowest BCUT2D eigenvalue weighted by molar-refractivity contribution is -0.137. The van der Waals surface area contributed by atoms with Crippen molar-refractivity contribution >= 4 is 5.91 Å². The summed E-state index contributed by atoms with van der Waals surface area (Å²) in [5.74, 6) is 1.10. The van der Waals surface area contributed by atoms with Crippen molar-refractivity contribution in [2.75, 3.05) is 26.2 Å². The van der Waals surface area contributed by atoms with Crippen molar-refractivity contribution in [3.63, 3.8) is 0 Å². The van der Waals surface area contributed by atoms with E-state index in [1.165, 1.54) is 31.2 Å². The van der Waals surface area contributed by atoms with Crippen LogP contribution < -0.4 is 0 Å². The highest BCUT2D eigenvalue weighted by molar-refractivity contribution is 5.80. The van der Waals surface area contributed by atoms with Crippen LogP contribution in [0, 0.1) is 17.3 Å². The maximum Gasteiger partial charge on any atom is 0.227 e. The summed E-state index contributed by atoms with van der Waals surface area (Å²) in [6.07, 6.45) is 5.29. The van der Waals surface area contributed by atoms with Gasteiger partial charge < -0.3 is 4.90 Å². The molecule has 4 rings (SSSR count). The summed E-state index contributed by atoms with van der Waals surface area (Å²) < 4.78 is 0. The first-order chi connectivity index (χ1) is 11.2. The van der Waals surface area contributed by atoms with Gasteiger partial charge in [-0.05, 0) is 42.6 Å². The summed E-state index contributed by atoms with van der Waals surface area (Å²) in [4.78, 5) is 17.6. The Morgan fingerprint density at radius 1 is 1.09 bits per heavy atom. The highest BCUT2D eigenvalue weighted by atomic mass is 16.2. The van der Waals surface area contributed by atoms with Crippen LogP contribution >= 0.6 is 0 Å². The molecule has 3 nitrogen and oxygen atoms in total. The monoisotopic (exact) mass is 312 g/mol. The highest BCUT2D eigenvalue weighted by Gasteiger charge is 2.46. The van der Waals surface area contributed by atoms with Crippen LogP contribution in [0.15, 0.2) is 30.3 Å². The first-order valence-electron chi connectivity index (χ1n) is 9.20. The lowest BCUT2D eigenvalue weighted by Crippen LogP contribution is -2.44. The predicted octanol–water partition coefficient (Wildman–Crippen LogP) is 3.16. The van der Waals surface area contributed by atoms with E-state index in [-0.39, 0.29) is 5.92 Å². The van der Waals surface area contributed by atoms with Crippen LogP contribution in [0.5, 0.6) is 0 Å². The van der Waals surface area contributed by atoms with E-state index in [2.05, 4.69) is 47.1 Å². The number of carbonyl (C=O) groups is 1. The second-order valence-electron chi connectivity index (χ2n) is 8.09. The van der Waals surface area contributed by atoms with E-state index in [1.54, 1.807) is 0 Å². The van der Waals surface area contributed by atoms with Gasteiger partial charge in [0.1, 0.15) is 0 Å². The number of hydrogen-bond acceptors (Lipinski definition) is 2. The molecule has 23 heavy (non-hydrogen) atoms. The second kappa shape index (κ2) is 5.94. The predicted molar refractivity (Wildman–Crippen MR) is 91.9 cm³/mol. The minimum absolute atomic E-state index is 0.201. The molecule has 1 amide bonds. The van der Waals surface area contributed by atoms with Crippen molar-refractivity contribution in [3.8, 4) is 0 Å². The summed E-state index contributed by atoms with van der Waals surface area (Å²) in [6.45, 7) is 7.19. The topological polar surface area (TPSA) is 23.6 Å². The third-order valence-corrected chi connectivity index (χ3v) is 6.35. The van der Waals surface area contributed by atoms with Crippen molar-refractivity contribution in [3.05, 3.63) is 35.9 Å². The SMILES string of the molecule is CC1CN(Cc2ccccc2)CC1C(=O)N1CCC2(CC1)CC2. The molecule has 1 aromatic rings. The number of benzene rings is 1. The van der Waals surface area contributed by atoms with E-state index in [9.17, 15) is 4.79 Å². The van der Waals surface area contributed by atoms with Gasteiger partial charge in [0.2, 0.25) is 5.91 Å². The Morgan fingerprint density at radius 2 is 1.78 bits per heavy atom. The molecule has 0 N–H and O–H groups in total. The quantitative estimate of drug-likeness (QED) is 0.856. The molecule has 2 atom stereocenters. The van der Waals surface area contributed by atoms with Gasteiger partial charge >= 0.3 is 0 Å². The van der Waals surface area contributed by atoms with Gasteiger partial charge in [-0.3, -0.25) is 9.69 Å². The highest BCUT2D eigenvalue weighted by Crippen LogP contribution is 2.53. The molecule has 1 saturated carbocycles. The van der Waals surface area contributed by atoms with Gasteiger partial charge in [0.15, 0.2) is 0 Å². The standard InChI is InChI=1S/C20H28N2O/c1-16-13-21(14-17-5-3-2-4-6-17)15-18(16)19(23)22-11-9-20(7-8-20)10-12-22/h2-6,16,18H,7-15H2,1H3. The van der Waals surface area contributed by atoms with Gasteiger partial charge in [0, 0.05) is 32.7 Å². The number of nitrogens with zero attached hydrogens (tertiary/aromatic N) is 2. The normalized spacial score (nSPS) is 29.9. The first kappa shape index (κ1) is 15.2. The molecule has 2 heterocycles. The zero-order valence-corrected chi connectivity index (χ0v) is 14.2. The van der Waals surface area contributed by atoms with Crippen LogP contribution in [-0.4, -0.2) is 41.9 Å². The molecular formula is C20H28N2O. The van der Waals surface area contributed by atoms with Crippen LogP contribution in [-0.2, 0) is 11.3 Å². The van der Waals surface area contributed by atoms with Crippen molar-refractivity contribution < 1.29 is 4.79 Å². The Kier molecular flexibility index (Phi) is 3.92. The third kappa shape index (κ3) is 3.16. The largest absolute Gasteiger partial charge is 0.342 e. The van der Waals surface area contributed by atoms with Gasteiger partial charge in [0.25, 0.3) is 0 Å². The maximum absolute atomic E-state index is 12.9. The van der Waals surface area contributed by atoms with Crippen LogP contribution in [0.1, 0.15) is 38.2 Å². The number of piperidine rings is 1. The molecule has 3 heteroatoms. The fourth-order valence-electron chi connectivity index (χ4n) is 4.47. The maximum atomic E-state index is 12.9. The number of hydrogen-bond donors (Lipinski definition) is 0. The zero-order chi connectivity index (χ0) is 15.9. The summed E-state index contributed by atoms with van der Waals surface area (Å²) in [5, 5.41) is 0. The molecule has 0 radical (unpaired) electrons. The van der Waals surface area contributed by atoms with Crippen LogP contribution in [0.3, 0.4) is 0 Å². The van der Waals surface area contributed by atoms with E-state index in [0.29, 0.717) is 17.2 Å². The molecule has 2 saturated heterocycles. The third-order valence-electron chi connectivity index (χ3n) is 6.35. The molecule has 0 bridgehead atoms. The van der Waals surface area contributed by atoms with Gasteiger partial charge in [-0.25, -0.2) is 0 Å². The lowest BCUT2D eigenvalue weighted by atomic mass is 9.91. The molecule has 0 aromatic heterocycles. The average Bonchev–Trinajstić information content (AvgIpc) is 3.22. The van der Waals surface area contributed by atoms with Gasteiger partial charge in [0.05, 0.1) is 5.92 Å². The smallest absolute Gasteiger partial charge is 0.227 e. The Hall–Kier alpha value is -1.35. The molecular weight excluding hydrogens is 284 g/mol. The number of amides is 1. The summed E-state index contributed by atoms with van der Waals surface area (Å²) in [7, 11) is 0. The Balaban J connectivity index is 1.34. The molecule has 1 aromatic carbocycles. The first-order valence-corrected chi connectivity index (χ1v) is 9.20. The lowest BCUT2D eigenvalue weighted by Gasteiger charge is -2.34. The van der Waals surface area contributed by atoms with Crippen molar-refractivity contribution in [1.29, 1.82) is 0 Å². The molecule has 3 aliphatic rings. The van der Waals surface area contributed by atoms with Gasteiger partial charge in [-0.2, -0.15) is 0 Å². The van der Waals surface area contributed by atoms with Gasteiger partial charge in [-0.15, -0.1) is 0 Å². The fraction of sp³-hybridized carbons (Fsp3) is 0.650. The number of carbonyl (C=O) groups excluding carboxylic acids is 1. The van der Waals surface area contributed by atoms with Crippen molar-refractivity contribution in [2.45, 2.75) is 39.2 Å². The van der Waals surface area contributed by atoms with E-state index in [1.807, 2.05) is 0 Å². The van der Waals surface area contributed by atoms with Crippen LogP contribution in [0.4, 0.5) is 0 Å². The van der Waals surface area contributed by atoms with E-state index in [4.69, 9.17) is 0 Å². The minimum Gasteiger partial charge on any atom is -0.342 e. The Bertz CT molecular complexity index is 556. The Labute approximate surface area is 139 Å². The molecule has 2 unspecified atom stereocenters. The van der Waals surface area contributed by atoms with Crippen LogP contribution in [0.2, 0.25) is 0 Å². The molecule has 124 valence electrons. The summed E-state index contributed by atoms with van der Waals surface area (Å²) in [5.41, 5.74) is 2.00. The minimum atomic E-state index is 0.201. The molecule has 1 aliphatic carbocycles. The summed E-state index contributed by atoms with van der Waals surface area (Å²) in [6, 6.07) is 10.6. The molecule has 1 spiro atoms. The van der Waals surface area contributed by atoms with E-state index < -0.39 is 0 Å². The van der Waals surface area contributed by atoms with Crippen molar-refractivity contribution in [2.24, 2.45) is 17.3 Å². The van der Waals surface area contributed by atoms with E-state index in [0.717, 1.165) is 32.7 Å². The Morgan fingerprint density at radius 3 is 2.43 bits per heavy atom. The van der Waals surface area contributed by atoms with Gasteiger partial charge in [-0.1, -0.05) is 37.3 Å².